The second-order valence-corrected chi connectivity index (χ2v) is 9.94. The van der Waals surface area contributed by atoms with Gasteiger partial charge in [0.1, 0.15) is 28.5 Å². The number of benzene rings is 4. The molecule has 0 saturated carbocycles. The van der Waals surface area contributed by atoms with Crippen molar-refractivity contribution in [2.24, 2.45) is 0 Å². The van der Waals surface area contributed by atoms with Crippen LogP contribution in [0.5, 0.6) is 0 Å². The van der Waals surface area contributed by atoms with E-state index in [9.17, 15) is 0 Å². The van der Waals surface area contributed by atoms with E-state index in [0.29, 0.717) is 0 Å². The van der Waals surface area contributed by atoms with E-state index in [-0.39, 0.29) is 55.2 Å². The second kappa shape index (κ2) is 18.3. The van der Waals surface area contributed by atoms with Crippen molar-refractivity contribution in [2.75, 3.05) is 0 Å². The predicted octanol–water partition coefficient (Wildman–Crippen LogP) is 3.59. The van der Waals surface area contributed by atoms with E-state index in [4.69, 9.17) is 9.90 Å². The van der Waals surface area contributed by atoms with Gasteiger partial charge in [-0.25, -0.2) is 0 Å². The fourth-order valence-electron chi connectivity index (χ4n) is 3.50. The summed E-state index contributed by atoms with van der Waals surface area (Å²) in [6.45, 7) is 1.08. The number of carboxylic acids is 1. The zero-order chi connectivity index (χ0) is 20.5. The van der Waals surface area contributed by atoms with Crippen LogP contribution in [0.2, 0.25) is 0 Å². The first-order valence-electron chi connectivity index (χ1n) is 9.46. The number of hydrogen-bond donors (Lipinski definition) is 1. The molecule has 0 unspecified atom stereocenters. The van der Waals surface area contributed by atoms with Crippen molar-refractivity contribution in [3.05, 3.63) is 121 Å². The number of carbonyl (C=O) groups is 1. The fourth-order valence-corrected chi connectivity index (χ4v) is 7.77. The van der Waals surface area contributed by atoms with Crippen LogP contribution >= 0.6 is 32.1 Å². The molecular weight excluding hydrogens is 579 g/mol. The number of halogens is 2. The second-order valence-electron chi connectivity index (χ2n) is 6.53. The van der Waals surface area contributed by atoms with Crippen molar-refractivity contribution in [3.63, 3.8) is 0 Å². The summed E-state index contributed by atoms with van der Waals surface area (Å²) in [5.74, 6) is -0.833. The first-order valence-corrected chi connectivity index (χ1v) is 11.3. The third kappa shape index (κ3) is 8.60. The molecule has 0 heterocycles. The van der Waals surface area contributed by atoms with Crippen molar-refractivity contribution >= 4 is 59.3 Å². The smallest absolute Gasteiger partial charge is 0.300 e. The maximum Gasteiger partial charge on any atom is 0.300 e. The molecule has 0 amide bonds. The number of rotatable bonds is 4. The summed E-state index contributed by atoms with van der Waals surface area (Å²) in [4.78, 5) is 9.00. The molecule has 0 atom stereocenters. The molecule has 0 saturated heterocycles. The molecule has 0 fully saturated rings. The SMILES string of the molecule is CC(=O)O.Cl.Cl.O.O.[Ru].c1ccc([P+](c2ccccc2)(c2ccccc2)c2ccccc2)cc1. The first-order chi connectivity index (χ1) is 14.2. The Bertz CT molecular complexity index is 874. The van der Waals surface area contributed by atoms with E-state index >= 15 is 0 Å². The average Bonchev–Trinajstić information content (AvgIpc) is 2.77. The van der Waals surface area contributed by atoms with Crippen molar-refractivity contribution in [1.29, 1.82) is 0 Å². The summed E-state index contributed by atoms with van der Waals surface area (Å²) in [6.07, 6.45) is 0. The molecule has 0 aromatic heterocycles. The van der Waals surface area contributed by atoms with Gasteiger partial charge in [-0.05, 0) is 48.5 Å². The van der Waals surface area contributed by atoms with Gasteiger partial charge < -0.3 is 16.1 Å². The zero-order valence-electron chi connectivity index (χ0n) is 18.5. The van der Waals surface area contributed by atoms with Crippen LogP contribution in [0.25, 0.3) is 0 Å². The fraction of sp³-hybridized carbons (Fsp3) is 0.0385. The molecule has 8 heteroatoms. The molecule has 184 valence electrons. The van der Waals surface area contributed by atoms with E-state index in [2.05, 4.69) is 121 Å². The molecular formula is C26H30Cl2O4PRu+. The minimum Gasteiger partial charge on any atom is -0.481 e. The maximum atomic E-state index is 9.00. The van der Waals surface area contributed by atoms with Gasteiger partial charge in [-0.2, -0.15) is 0 Å². The zero-order valence-corrected chi connectivity index (χ0v) is 22.8. The molecule has 0 radical (unpaired) electrons. The number of carboxylic acid groups (broad SMARTS) is 1. The minimum atomic E-state index is -1.91. The van der Waals surface area contributed by atoms with Crippen LogP contribution in [0.4, 0.5) is 0 Å². The Kier molecular flexibility index (Phi) is 19.6. The predicted molar refractivity (Wildman–Crippen MR) is 146 cm³/mol. The van der Waals surface area contributed by atoms with E-state index in [0.717, 1.165) is 6.92 Å². The summed E-state index contributed by atoms with van der Waals surface area (Å²) in [7, 11) is -1.91. The maximum absolute atomic E-state index is 9.00. The Morgan fingerprint density at radius 2 is 0.676 bits per heavy atom. The van der Waals surface area contributed by atoms with Crippen LogP contribution in [0.1, 0.15) is 6.92 Å². The molecule has 0 bridgehead atoms. The van der Waals surface area contributed by atoms with Crippen molar-refractivity contribution in [3.8, 4) is 0 Å². The van der Waals surface area contributed by atoms with Gasteiger partial charge in [0.05, 0.1) is 0 Å². The van der Waals surface area contributed by atoms with Gasteiger partial charge in [0.25, 0.3) is 5.97 Å². The number of hydrogen-bond acceptors (Lipinski definition) is 1. The normalized spacial score (nSPS) is 8.97. The monoisotopic (exact) mass is 609 g/mol. The largest absolute Gasteiger partial charge is 0.481 e. The molecule has 4 rings (SSSR count). The quantitative estimate of drug-likeness (QED) is 0.283. The average molecular weight is 609 g/mol. The standard InChI is InChI=1S/C24H20P.C2H4O2.2ClH.2H2O.Ru/c1-5-13-21(14-6-1)25(22-15-7-2-8-16-22,23-17-9-3-10-18-23)24-19-11-4-12-20-24;1-2(3)4;;;;;/h1-20H;1H3,(H,3,4);2*1H;2*1H2;/q+1;;;;;;. The van der Waals surface area contributed by atoms with E-state index < -0.39 is 13.2 Å². The summed E-state index contributed by atoms with van der Waals surface area (Å²) in [5.41, 5.74) is 0. The molecule has 34 heavy (non-hydrogen) atoms. The van der Waals surface area contributed by atoms with Crippen LogP contribution in [-0.4, -0.2) is 22.0 Å². The summed E-state index contributed by atoms with van der Waals surface area (Å²) >= 11 is 0. The Labute approximate surface area is 227 Å². The van der Waals surface area contributed by atoms with Crippen molar-refractivity contribution < 1.29 is 40.3 Å². The summed E-state index contributed by atoms with van der Waals surface area (Å²) in [5, 5.41) is 13.0. The summed E-state index contributed by atoms with van der Waals surface area (Å²) in [6, 6.07) is 43.8. The van der Waals surface area contributed by atoms with Crippen LogP contribution in [0.15, 0.2) is 121 Å². The third-order valence-electron chi connectivity index (χ3n) is 4.57. The molecule has 0 spiro atoms. The van der Waals surface area contributed by atoms with E-state index in [1.807, 2.05) is 0 Å². The Hall–Kier alpha value is -2.10. The Morgan fingerprint density at radius 3 is 0.824 bits per heavy atom. The van der Waals surface area contributed by atoms with Gasteiger partial charge >= 0.3 is 0 Å². The molecule has 4 aromatic carbocycles. The first kappa shape index (κ1) is 36.5. The molecule has 0 aliphatic heterocycles. The van der Waals surface area contributed by atoms with Crippen LogP contribution in [0, 0.1) is 0 Å². The van der Waals surface area contributed by atoms with Crippen molar-refractivity contribution in [1.82, 2.24) is 0 Å². The number of aliphatic carboxylic acids is 1. The molecule has 4 aromatic rings. The minimum absolute atomic E-state index is 0. The van der Waals surface area contributed by atoms with Crippen molar-refractivity contribution in [2.45, 2.75) is 6.92 Å². The van der Waals surface area contributed by atoms with Gasteiger partial charge in [0.2, 0.25) is 0 Å². The Morgan fingerprint density at radius 1 is 0.529 bits per heavy atom. The molecule has 0 aliphatic carbocycles. The summed E-state index contributed by atoms with van der Waals surface area (Å²) < 4.78 is 0. The van der Waals surface area contributed by atoms with Gasteiger partial charge in [-0.1, -0.05) is 72.8 Å². The van der Waals surface area contributed by atoms with E-state index in [1.165, 1.54) is 21.2 Å². The van der Waals surface area contributed by atoms with Crippen LogP contribution < -0.4 is 21.2 Å². The van der Waals surface area contributed by atoms with Crippen LogP contribution in [0.3, 0.4) is 0 Å². The molecule has 5 N–H and O–H groups in total. The van der Waals surface area contributed by atoms with Gasteiger partial charge in [0, 0.05) is 26.4 Å². The van der Waals surface area contributed by atoms with E-state index in [1.54, 1.807) is 0 Å². The molecule has 4 nitrogen and oxygen atoms in total. The third-order valence-corrected chi connectivity index (χ3v) is 8.86. The van der Waals surface area contributed by atoms with Crippen LogP contribution in [-0.2, 0) is 24.3 Å². The topological polar surface area (TPSA) is 100 Å². The molecule has 0 aliphatic rings. The van der Waals surface area contributed by atoms with Gasteiger partial charge in [0.15, 0.2) is 0 Å². The van der Waals surface area contributed by atoms with Gasteiger partial charge in [-0.15, -0.1) is 24.8 Å². The van der Waals surface area contributed by atoms with Gasteiger partial charge in [-0.3, -0.25) is 4.79 Å². The Balaban J connectivity index is -0.000000995.